The van der Waals surface area contributed by atoms with Crippen LogP contribution >= 0.6 is 0 Å². The minimum atomic E-state index is -0.369. The maximum Gasteiger partial charge on any atom is 0.230 e. The number of fused-ring (bicyclic) bond motifs is 1. The van der Waals surface area contributed by atoms with Crippen LogP contribution < -0.4 is 20.3 Å². The van der Waals surface area contributed by atoms with Gasteiger partial charge >= 0.3 is 0 Å². The fraction of sp³-hybridized carbons (Fsp3) is 0.556. The van der Waals surface area contributed by atoms with Crippen molar-refractivity contribution < 1.29 is 19.1 Å². The number of nitrogens with one attached hydrogen (secondary N) is 2. The number of nitrogens with zero attached hydrogens (tertiary/aromatic N) is 2. The van der Waals surface area contributed by atoms with Crippen LogP contribution in [0.2, 0.25) is 0 Å². The van der Waals surface area contributed by atoms with Gasteiger partial charge in [0, 0.05) is 13.1 Å². The van der Waals surface area contributed by atoms with E-state index in [0.717, 1.165) is 24.5 Å². The van der Waals surface area contributed by atoms with Gasteiger partial charge in [-0.3, -0.25) is 19.8 Å². The minimum Gasteiger partial charge on any atom is -0.490 e. The summed E-state index contributed by atoms with van der Waals surface area (Å²) in [7, 11) is 0. The zero-order valence-electron chi connectivity index (χ0n) is 14.6. The summed E-state index contributed by atoms with van der Waals surface area (Å²) >= 11 is 0. The average Bonchev–Trinajstić information content (AvgIpc) is 2.67. The summed E-state index contributed by atoms with van der Waals surface area (Å²) in [4.78, 5) is 28.9. The van der Waals surface area contributed by atoms with E-state index in [1.165, 1.54) is 0 Å². The summed E-state index contributed by atoms with van der Waals surface area (Å²) in [6, 6.07) is 7.53. The van der Waals surface area contributed by atoms with E-state index in [1.807, 2.05) is 24.3 Å². The molecular weight excluding hydrogens is 336 g/mol. The van der Waals surface area contributed by atoms with Gasteiger partial charge < -0.3 is 19.7 Å². The van der Waals surface area contributed by atoms with Gasteiger partial charge in [-0.2, -0.15) is 0 Å². The van der Waals surface area contributed by atoms with Crippen molar-refractivity contribution in [1.29, 1.82) is 0 Å². The molecule has 1 aromatic carbocycles. The Morgan fingerprint density at radius 2 is 1.96 bits per heavy atom. The Hall–Kier alpha value is -2.16. The van der Waals surface area contributed by atoms with Crippen LogP contribution in [0, 0.1) is 0 Å². The third-order valence-electron chi connectivity index (χ3n) is 5.00. The molecule has 3 heterocycles. The summed E-state index contributed by atoms with van der Waals surface area (Å²) in [6.07, 6.45) is 0.181. The molecule has 0 spiro atoms. The van der Waals surface area contributed by atoms with Crippen molar-refractivity contribution in [2.45, 2.75) is 25.2 Å². The SMILES string of the molecule is O=C1CC(N2CCOCC2)NC(CC(=O)N2CCOc3ccccc32)N1. The number of para-hydroxylation sites is 2. The monoisotopic (exact) mass is 360 g/mol. The molecular formula is C18H24N4O4. The highest BCUT2D eigenvalue weighted by Crippen LogP contribution is 2.31. The van der Waals surface area contributed by atoms with Crippen LogP contribution in [0.3, 0.4) is 0 Å². The Morgan fingerprint density at radius 3 is 2.81 bits per heavy atom. The topological polar surface area (TPSA) is 83.1 Å². The molecule has 1 aromatic rings. The summed E-state index contributed by atoms with van der Waals surface area (Å²) in [5.74, 6) is 0.667. The summed E-state index contributed by atoms with van der Waals surface area (Å²) in [5.41, 5.74) is 0.788. The number of amides is 2. The molecule has 3 aliphatic rings. The summed E-state index contributed by atoms with van der Waals surface area (Å²) < 4.78 is 11.0. The van der Waals surface area contributed by atoms with Gasteiger partial charge in [-0.15, -0.1) is 0 Å². The molecule has 2 atom stereocenters. The zero-order chi connectivity index (χ0) is 17.9. The number of morpholine rings is 1. The molecule has 0 bridgehead atoms. The van der Waals surface area contributed by atoms with Gasteiger partial charge in [0.2, 0.25) is 11.8 Å². The second-order valence-corrected chi connectivity index (χ2v) is 6.72. The minimum absolute atomic E-state index is 0.0267. The lowest BCUT2D eigenvalue weighted by molar-refractivity contribution is -0.128. The molecule has 0 saturated carbocycles. The van der Waals surface area contributed by atoms with Crippen molar-refractivity contribution in [3.05, 3.63) is 24.3 Å². The number of benzene rings is 1. The third kappa shape index (κ3) is 3.67. The number of hydrogen-bond donors (Lipinski definition) is 2. The number of carbonyl (C=O) groups is 2. The number of carbonyl (C=O) groups excluding carboxylic acids is 2. The van der Waals surface area contributed by atoms with E-state index in [0.29, 0.717) is 32.8 Å². The molecule has 0 aromatic heterocycles. The fourth-order valence-corrected chi connectivity index (χ4v) is 3.71. The van der Waals surface area contributed by atoms with Gasteiger partial charge in [-0.1, -0.05) is 12.1 Å². The predicted molar refractivity (Wildman–Crippen MR) is 94.8 cm³/mol. The molecule has 0 aliphatic carbocycles. The first kappa shape index (κ1) is 17.3. The average molecular weight is 360 g/mol. The number of hydrogen-bond acceptors (Lipinski definition) is 6. The van der Waals surface area contributed by atoms with E-state index in [4.69, 9.17) is 9.47 Å². The Kier molecular flexibility index (Phi) is 5.05. The molecule has 140 valence electrons. The number of rotatable bonds is 3. The first-order valence-corrected chi connectivity index (χ1v) is 9.10. The fourth-order valence-electron chi connectivity index (χ4n) is 3.71. The first-order valence-electron chi connectivity index (χ1n) is 9.10. The Morgan fingerprint density at radius 1 is 1.15 bits per heavy atom. The molecule has 0 radical (unpaired) electrons. The molecule has 26 heavy (non-hydrogen) atoms. The molecule has 2 amide bonds. The van der Waals surface area contributed by atoms with E-state index >= 15 is 0 Å². The van der Waals surface area contributed by atoms with E-state index in [1.54, 1.807) is 4.90 Å². The second kappa shape index (κ2) is 7.61. The van der Waals surface area contributed by atoms with Gasteiger partial charge in [-0.25, -0.2) is 0 Å². The molecule has 2 fully saturated rings. The standard InChI is InChI=1S/C18H24N4O4/c23-17-12-16(21-5-8-25-9-6-21)19-15(20-17)11-18(24)22-7-10-26-14-4-2-1-3-13(14)22/h1-4,15-16,19H,5-12H2,(H,20,23). The van der Waals surface area contributed by atoms with Crippen LogP contribution in [0.25, 0.3) is 0 Å². The van der Waals surface area contributed by atoms with Crippen molar-refractivity contribution in [3.8, 4) is 5.75 Å². The Labute approximate surface area is 152 Å². The molecule has 2 N–H and O–H groups in total. The molecule has 8 nitrogen and oxygen atoms in total. The van der Waals surface area contributed by atoms with Crippen molar-refractivity contribution in [3.63, 3.8) is 0 Å². The molecule has 3 aliphatic heterocycles. The van der Waals surface area contributed by atoms with E-state index < -0.39 is 0 Å². The van der Waals surface area contributed by atoms with Crippen LogP contribution in [-0.2, 0) is 14.3 Å². The van der Waals surface area contributed by atoms with Gasteiger partial charge in [0.25, 0.3) is 0 Å². The molecule has 8 heteroatoms. The lowest BCUT2D eigenvalue weighted by Crippen LogP contribution is -2.64. The van der Waals surface area contributed by atoms with Gasteiger partial charge in [0.15, 0.2) is 0 Å². The summed E-state index contributed by atoms with van der Waals surface area (Å²) in [6.45, 7) is 3.93. The van der Waals surface area contributed by atoms with Crippen molar-refractivity contribution >= 4 is 17.5 Å². The van der Waals surface area contributed by atoms with Gasteiger partial charge in [0.1, 0.15) is 12.4 Å². The van der Waals surface area contributed by atoms with Crippen LogP contribution in [0.1, 0.15) is 12.8 Å². The maximum absolute atomic E-state index is 12.9. The van der Waals surface area contributed by atoms with Gasteiger partial charge in [0.05, 0.1) is 50.6 Å². The molecule has 2 unspecified atom stereocenters. The number of ether oxygens (including phenoxy) is 2. The Bertz CT molecular complexity index is 677. The predicted octanol–water partition coefficient (Wildman–Crippen LogP) is -0.104. The highest BCUT2D eigenvalue weighted by Gasteiger charge is 2.33. The van der Waals surface area contributed by atoms with Crippen molar-refractivity contribution in [2.75, 3.05) is 44.4 Å². The van der Waals surface area contributed by atoms with Crippen LogP contribution in [0.15, 0.2) is 24.3 Å². The first-order chi connectivity index (χ1) is 12.7. The highest BCUT2D eigenvalue weighted by molar-refractivity contribution is 5.96. The van der Waals surface area contributed by atoms with E-state index in [9.17, 15) is 9.59 Å². The maximum atomic E-state index is 12.9. The zero-order valence-corrected chi connectivity index (χ0v) is 14.6. The third-order valence-corrected chi connectivity index (χ3v) is 5.00. The molecule has 2 saturated heterocycles. The van der Waals surface area contributed by atoms with E-state index in [-0.39, 0.29) is 30.6 Å². The largest absolute Gasteiger partial charge is 0.490 e. The van der Waals surface area contributed by atoms with E-state index in [2.05, 4.69) is 15.5 Å². The normalized spacial score (nSPS) is 26.6. The lowest BCUT2D eigenvalue weighted by atomic mass is 10.1. The lowest BCUT2D eigenvalue weighted by Gasteiger charge is -2.40. The van der Waals surface area contributed by atoms with Gasteiger partial charge in [-0.05, 0) is 12.1 Å². The number of anilines is 1. The summed E-state index contributed by atoms with van der Waals surface area (Å²) in [5, 5.41) is 6.30. The van der Waals surface area contributed by atoms with Crippen LogP contribution in [0.5, 0.6) is 5.75 Å². The second-order valence-electron chi connectivity index (χ2n) is 6.72. The van der Waals surface area contributed by atoms with Crippen molar-refractivity contribution in [2.24, 2.45) is 0 Å². The highest BCUT2D eigenvalue weighted by atomic mass is 16.5. The molecule has 4 rings (SSSR count). The Balaban J connectivity index is 1.41. The van der Waals surface area contributed by atoms with Crippen LogP contribution in [-0.4, -0.2) is 68.5 Å². The smallest absolute Gasteiger partial charge is 0.230 e. The van der Waals surface area contributed by atoms with Crippen LogP contribution in [0.4, 0.5) is 5.69 Å². The quantitative estimate of drug-likeness (QED) is 0.783. The van der Waals surface area contributed by atoms with Crippen molar-refractivity contribution in [1.82, 2.24) is 15.5 Å².